The van der Waals surface area contributed by atoms with E-state index in [1.165, 1.54) is 0 Å². The van der Waals surface area contributed by atoms with Crippen LogP contribution in [-0.2, 0) is 6.42 Å². The smallest absolute Gasteiger partial charge is 0.0589 e. The Balaban J connectivity index is 2.69. The van der Waals surface area contributed by atoms with Crippen LogP contribution in [0.5, 0.6) is 0 Å². The van der Waals surface area contributed by atoms with Gasteiger partial charge in [0.2, 0.25) is 0 Å². The lowest BCUT2D eigenvalue weighted by Gasteiger charge is -2.20. The zero-order chi connectivity index (χ0) is 9.90. The Morgan fingerprint density at radius 2 is 2.15 bits per heavy atom. The maximum Gasteiger partial charge on any atom is 0.0589 e. The highest BCUT2D eigenvalue weighted by Crippen LogP contribution is 2.20. The number of rotatable bonds is 3. The number of aliphatic hydroxyl groups is 1. The Kier molecular flexibility index (Phi) is 3.28. The van der Waals surface area contributed by atoms with Crippen molar-refractivity contribution in [3.05, 3.63) is 29.0 Å². The van der Waals surface area contributed by atoms with Gasteiger partial charge < -0.3 is 5.11 Å². The van der Waals surface area contributed by atoms with Crippen LogP contribution < -0.4 is 0 Å². The molecule has 0 radical (unpaired) electrons. The van der Waals surface area contributed by atoms with Gasteiger partial charge in [0.1, 0.15) is 0 Å². The van der Waals surface area contributed by atoms with Gasteiger partial charge in [0, 0.05) is 18.5 Å². The van der Waals surface area contributed by atoms with Crippen LogP contribution in [0.15, 0.2) is 18.3 Å². The number of hydrogen-bond donors (Lipinski definition) is 1. The summed E-state index contributed by atoms with van der Waals surface area (Å²) < 4.78 is 0. The highest BCUT2D eigenvalue weighted by Gasteiger charge is 2.17. The summed E-state index contributed by atoms with van der Waals surface area (Å²) in [6.45, 7) is 4.17. The number of nitrogens with zero attached hydrogens (tertiary/aromatic N) is 1. The third-order valence-corrected chi connectivity index (χ3v) is 2.10. The summed E-state index contributed by atoms with van der Waals surface area (Å²) in [6.07, 6.45) is 2.39. The predicted octanol–water partition coefficient (Wildman–Crippen LogP) is 2.30. The van der Waals surface area contributed by atoms with Crippen molar-refractivity contribution in [1.29, 1.82) is 0 Å². The van der Waals surface area contributed by atoms with Crippen molar-refractivity contribution < 1.29 is 5.11 Å². The molecule has 0 spiro atoms. The van der Waals surface area contributed by atoms with Crippen LogP contribution in [0.4, 0.5) is 0 Å². The molecule has 1 N–H and O–H groups in total. The van der Waals surface area contributed by atoms with Crippen molar-refractivity contribution >= 4 is 11.6 Å². The Bertz CT molecular complexity index is 269. The van der Waals surface area contributed by atoms with E-state index in [1.807, 2.05) is 26.0 Å². The average Bonchev–Trinajstić information content (AvgIpc) is 2.09. The fourth-order valence-electron chi connectivity index (χ4n) is 1.06. The van der Waals surface area contributed by atoms with E-state index in [1.54, 1.807) is 6.20 Å². The van der Waals surface area contributed by atoms with Crippen LogP contribution in [0.2, 0.25) is 5.02 Å². The molecule has 72 valence electrons. The zero-order valence-corrected chi connectivity index (χ0v) is 8.67. The Morgan fingerprint density at radius 1 is 1.46 bits per heavy atom. The van der Waals surface area contributed by atoms with Crippen LogP contribution in [0, 0.1) is 5.41 Å². The van der Waals surface area contributed by atoms with Crippen LogP contribution in [0.25, 0.3) is 0 Å². The summed E-state index contributed by atoms with van der Waals surface area (Å²) in [5.41, 5.74) is 0.851. The van der Waals surface area contributed by atoms with Crippen LogP contribution in [0.3, 0.4) is 0 Å². The fourth-order valence-corrected chi connectivity index (χ4v) is 1.17. The molecule has 1 aromatic rings. The average molecular weight is 200 g/mol. The summed E-state index contributed by atoms with van der Waals surface area (Å²) in [6, 6.07) is 3.71. The van der Waals surface area contributed by atoms with Gasteiger partial charge in [-0.2, -0.15) is 0 Å². The Morgan fingerprint density at radius 3 is 2.62 bits per heavy atom. The van der Waals surface area contributed by atoms with Crippen molar-refractivity contribution in [3.8, 4) is 0 Å². The molecule has 3 heteroatoms. The minimum absolute atomic E-state index is 0.110. The lowest BCUT2D eigenvalue weighted by Crippen LogP contribution is -2.20. The molecule has 0 atom stereocenters. The van der Waals surface area contributed by atoms with E-state index in [0.717, 1.165) is 12.1 Å². The largest absolute Gasteiger partial charge is 0.396 e. The molecule has 0 fully saturated rings. The molecule has 0 aliphatic heterocycles. The maximum absolute atomic E-state index is 9.06. The van der Waals surface area contributed by atoms with E-state index in [9.17, 15) is 0 Å². The molecular weight excluding hydrogens is 186 g/mol. The second kappa shape index (κ2) is 4.07. The van der Waals surface area contributed by atoms with E-state index in [0.29, 0.717) is 5.02 Å². The molecule has 0 saturated carbocycles. The lowest BCUT2D eigenvalue weighted by molar-refractivity contribution is 0.158. The van der Waals surface area contributed by atoms with E-state index in [2.05, 4.69) is 4.98 Å². The van der Waals surface area contributed by atoms with Gasteiger partial charge in [0.25, 0.3) is 0 Å². The highest BCUT2D eigenvalue weighted by atomic mass is 35.5. The summed E-state index contributed by atoms with van der Waals surface area (Å²) in [7, 11) is 0. The third-order valence-electron chi connectivity index (χ3n) is 1.88. The van der Waals surface area contributed by atoms with Gasteiger partial charge in [-0.1, -0.05) is 25.4 Å². The van der Waals surface area contributed by atoms with Gasteiger partial charge in [-0.25, -0.2) is 0 Å². The maximum atomic E-state index is 9.06. The molecule has 0 aliphatic rings. The summed E-state index contributed by atoms with van der Waals surface area (Å²) in [5.74, 6) is 0. The van der Waals surface area contributed by atoms with Gasteiger partial charge in [0.05, 0.1) is 5.02 Å². The number of halogens is 1. The molecule has 0 amide bonds. The van der Waals surface area contributed by atoms with Crippen molar-refractivity contribution in [1.82, 2.24) is 4.98 Å². The SMILES string of the molecule is CC(C)(CO)Cc1ccc(Cl)cn1. The minimum Gasteiger partial charge on any atom is -0.396 e. The zero-order valence-electron chi connectivity index (χ0n) is 7.92. The highest BCUT2D eigenvalue weighted by molar-refractivity contribution is 6.30. The minimum atomic E-state index is -0.110. The fraction of sp³-hybridized carbons (Fsp3) is 0.500. The first-order chi connectivity index (χ1) is 6.03. The monoisotopic (exact) mass is 199 g/mol. The van der Waals surface area contributed by atoms with Gasteiger partial charge in [-0.15, -0.1) is 0 Å². The summed E-state index contributed by atoms with van der Waals surface area (Å²) in [5, 5.41) is 9.70. The lowest BCUT2D eigenvalue weighted by atomic mass is 9.89. The molecule has 2 nitrogen and oxygen atoms in total. The van der Waals surface area contributed by atoms with Crippen molar-refractivity contribution in [2.75, 3.05) is 6.61 Å². The van der Waals surface area contributed by atoms with Crippen molar-refractivity contribution in [2.45, 2.75) is 20.3 Å². The Hall–Kier alpha value is -0.600. The van der Waals surface area contributed by atoms with E-state index in [-0.39, 0.29) is 12.0 Å². The molecule has 1 aromatic heterocycles. The molecule has 0 saturated heterocycles. The molecule has 0 aromatic carbocycles. The first-order valence-electron chi connectivity index (χ1n) is 4.25. The number of aromatic nitrogens is 1. The number of hydrogen-bond acceptors (Lipinski definition) is 2. The normalized spacial score (nSPS) is 11.7. The van der Waals surface area contributed by atoms with Crippen LogP contribution in [0.1, 0.15) is 19.5 Å². The molecule has 0 unspecified atom stereocenters. The van der Waals surface area contributed by atoms with Crippen molar-refractivity contribution in [2.24, 2.45) is 5.41 Å². The number of pyridine rings is 1. The first-order valence-corrected chi connectivity index (χ1v) is 4.62. The first kappa shape index (κ1) is 10.5. The third kappa shape index (κ3) is 3.33. The molecular formula is C10H14ClNO. The topological polar surface area (TPSA) is 33.1 Å². The van der Waals surface area contributed by atoms with Gasteiger partial charge >= 0.3 is 0 Å². The Labute approximate surface area is 83.6 Å². The molecule has 0 aliphatic carbocycles. The number of aliphatic hydroxyl groups excluding tert-OH is 1. The second-order valence-corrected chi connectivity index (χ2v) is 4.40. The standard InChI is InChI=1S/C10H14ClNO/c1-10(2,7-13)5-9-4-3-8(11)6-12-9/h3-4,6,13H,5,7H2,1-2H3. The molecule has 13 heavy (non-hydrogen) atoms. The molecule has 1 rings (SSSR count). The van der Waals surface area contributed by atoms with Crippen LogP contribution >= 0.6 is 11.6 Å². The van der Waals surface area contributed by atoms with E-state index in [4.69, 9.17) is 16.7 Å². The predicted molar refractivity (Wildman–Crippen MR) is 53.8 cm³/mol. The molecule has 0 bridgehead atoms. The van der Waals surface area contributed by atoms with E-state index < -0.39 is 0 Å². The molecule has 1 heterocycles. The van der Waals surface area contributed by atoms with Crippen molar-refractivity contribution in [3.63, 3.8) is 0 Å². The van der Waals surface area contributed by atoms with Crippen LogP contribution in [-0.4, -0.2) is 16.7 Å². The summed E-state index contributed by atoms with van der Waals surface area (Å²) >= 11 is 5.70. The van der Waals surface area contributed by atoms with Gasteiger partial charge in [-0.05, 0) is 24.0 Å². The van der Waals surface area contributed by atoms with E-state index >= 15 is 0 Å². The quantitative estimate of drug-likeness (QED) is 0.811. The van der Waals surface area contributed by atoms with Gasteiger partial charge in [-0.3, -0.25) is 4.98 Å². The summed E-state index contributed by atoms with van der Waals surface area (Å²) in [4.78, 5) is 4.17. The second-order valence-electron chi connectivity index (χ2n) is 3.97. The van der Waals surface area contributed by atoms with Gasteiger partial charge in [0.15, 0.2) is 0 Å².